The number of unbranched alkanes of at least 4 members (excludes halogenated alkanes) is 7. The summed E-state index contributed by atoms with van der Waals surface area (Å²) in [5.41, 5.74) is 1.62. The molecule has 0 saturated heterocycles. The third kappa shape index (κ3) is 6.57. The molecule has 5 nitrogen and oxygen atoms in total. The van der Waals surface area contributed by atoms with E-state index < -0.39 is 0 Å². The Morgan fingerprint density at radius 3 is 1.94 bits per heavy atom. The van der Waals surface area contributed by atoms with Gasteiger partial charge in [0.25, 0.3) is 11.8 Å². The summed E-state index contributed by atoms with van der Waals surface area (Å²) in [4.78, 5) is 38.0. The van der Waals surface area contributed by atoms with Gasteiger partial charge in [0.15, 0.2) is 0 Å². The highest BCUT2D eigenvalue weighted by Crippen LogP contribution is 2.26. The van der Waals surface area contributed by atoms with Gasteiger partial charge in [-0.25, -0.2) is 0 Å². The lowest BCUT2D eigenvalue weighted by molar-refractivity contribution is -0.116. The normalized spacial score (nSPS) is 12.9. The van der Waals surface area contributed by atoms with Gasteiger partial charge in [0, 0.05) is 18.0 Å². The van der Waals surface area contributed by atoms with Crippen LogP contribution in [0.1, 0.15) is 78.5 Å². The summed E-state index contributed by atoms with van der Waals surface area (Å²) in [5.74, 6) is -0.386. The molecule has 7 heteroatoms. The number of imide groups is 1. The molecular weight excluding hydrogens is 447 g/mol. The molecule has 0 bridgehead atoms. The average Bonchev–Trinajstić information content (AvgIpc) is 3.02. The first-order valence-corrected chi connectivity index (χ1v) is 11.9. The molecule has 3 rings (SSSR count). The highest BCUT2D eigenvalue weighted by Gasteiger charge is 2.34. The number of hydrogen-bond donors (Lipinski definition) is 1. The van der Waals surface area contributed by atoms with Crippen LogP contribution in [0.15, 0.2) is 42.5 Å². The molecule has 1 aliphatic rings. The minimum Gasteiger partial charge on any atom is -0.325 e. The SMILES string of the molecule is O=C(CCCCCCCCCCN1C(=O)c2ccccc2C1=O)Nc1ccc(Cl)cc1Cl. The number of halogens is 2. The molecule has 32 heavy (non-hydrogen) atoms. The van der Waals surface area contributed by atoms with Crippen molar-refractivity contribution < 1.29 is 14.4 Å². The molecule has 0 aromatic heterocycles. The van der Waals surface area contributed by atoms with Crippen molar-refractivity contribution in [3.05, 3.63) is 63.6 Å². The van der Waals surface area contributed by atoms with Crippen LogP contribution in [0.2, 0.25) is 10.0 Å². The third-order valence-electron chi connectivity index (χ3n) is 5.62. The molecule has 0 unspecified atom stereocenters. The van der Waals surface area contributed by atoms with Crippen LogP contribution in [0.4, 0.5) is 5.69 Å². The standard InChI is InChI=1S/C25H28Cl2N2O3/c26-18-14-15-22(21(27)17-18)28-23(30)13-7-5-3-1-2-4-6-10-16-29-24(31)19-11-8-9-12-20(19)25(29)32/h8-9,11-12,14-15,17H,1-7,10,13,16H2,(H,28,30). The van der Waals surface area contributed by atoms with Gasteiger partial charge in [-0.05, 0) is 43.2 Å². The van der Waals surface area contributed by atoms with Gasteiger partial charge in [-0.3, -0.25) is 19.3 Å². The van der Waals surface area contributed by atoms with E-state index in [-0.39, 0.29) is 17.7 Å². The number of carbonyl (C=O) groups excluding carboxylic acids is 3. The van der Waals surface area contributed by atoms with Gasteiger partial charge in [-0.2, -0.15) is 0 Å². The number of hydrogen-bond acceptors (Lipinski definition) is 3. The number of nitrogens with one attached hydrogen (secondary N) is 1. The second-order valence-electron chi connectivity index (χ2n) is 8.06. The van der Waals surface area contributed by atoms with E-state index in [9.17, 15) is 14.4 Å². The number of amides is 3. The van der Waals surface area contributed by atoms with E-state index >= 15 is 0 Å². The van der Waals surface area contributed by atoms with Gasteiger partial charge in [-0.1, -0.05) is 73.9 Å². The minimum atomic E-state index is -0.173. The van der Waals surface area contributed by atoms with E-state index in [0.29, 0.717) is 39.8 Å². The Bertz CT molecular complexity index is 942. The van der Waals surface area contributed by atoms with Crippen molar-refractivity contribution in [1.29, 1.82) is 0 Å². The topological polar surface area (TPSA) is 66.5 Å². The van der Waals surface area contributed by atoms with Crippen molar-refractivity contribution >= 4 is 46.6 Å². The monoisotopic (exact) mass is 474 g/mol. The molecule has 3 amide bonds. The largest absolute Gasteiger partial charge is 0.325 e. The van der Waals surface area contributed by atoms with Crippen LogP contribution in [-0.4, -0.2) is 29.2 Å². The molecule has 0 atom stereocenters. The Hall–Kier alpha value is -2.37. The minimum absolute atomic E-state index is 0.0395. The number of benzene rings is 2. The molecule has 1 heterocycles. The average molecular weight is 475 g/mol. The lowest BCUT2D eigenvalue weighted by Gasteiger charge is -2.13. The Morgan fingerprint density at radius 1 is 0.781 bits per heavy atom. The summed E-state index contributed by atoms with van der Waals surface area (Å²) >= 11 is 11.9. The van der Waals surface area contributed by atoms with Gasteiger partial charge in [0.2, 0.25) is 5.91 Å². The number of fused-ring (bicyclic) bond motifs is 1. The molecule has 1 N–H and O–H groups in total. The van der Waals surface area contributed by atoms with Crippen molar-refractivity contribution in [3.8, 4) is 0 Å². The first-order valence-electron chi connectivity index (χ1n) is 11.2. The molecule has 2 aromatic rings. The van der Waals surface area contributed by atoms with Gasteiger partial charge < -0.3 is 5.32 Å². The zero-order valence-electron chi connectivity index (χ0n) is 18.0. The molecule has 0 aliphatic carbocycles. The van der Waals surface area contributed by atoms with Crippen LogP contribution >= 0.6 is 23.2 Å². The number of rotatable bonds is 12. The number of nitrogens with zero attached hydrogens (tertiary/aromatic N) is 1. The second kappa shape index (κ2) is 12.0. The van der Waals surface area contributed by atoms with Crippen molar-refractivity contribution in [2.24, 2.45) is 0 Å². The lowest BCUT2D eigenvalue weighted by atomic mass is 10.1. The van der Waals surface area contributed by atoms with Crippen molar-refractivity contribution in [3.63, 3.8) is 0 Å². The van der Waals surface area contributed by atoms with Crippen molar-refractivity contribution in [1.82, 2.24) is 4.90 Å². The first-order chi connectivity index (χ1) is 15.5. The van der Waals surface area contributed by atoms with E-state index in [1.807, 2.05) is 0 Å². The molecule has 0 radical (unpaired) electrons. The molecule has 0 spiro atoms. The van der Waals surface area contributed by atoms with E-state index in [0.717, 1.165) is 51.4 Å². The third-order valence-corrected chi connectivity index (χ3v) is 6.17. The molecular formula is C25H28Cl2N2O3. The van der Waals surface area contributed by atoms with Crippen LogP contribution in [0, 0.1) is 0 Å². The number of anilines is 1. The summed E-state index contributed by atoms with van der Waals surface area (Å²) < 4.78 is 0. The molecule has 170 valence electrons. The first kappa shape index (κ1) is 24.3. The van der Waals surface area contributed by atoms with Crippen LogP contribution in [0.25, 0.3) is 0 Å². The number of carbonyl (C=O) groups is 3. The quantitative estimate of drug-likeness (QED) is 0.273. The van der Waals surface area contributed by atoms with E-state index in [2.05, 4.69) is 5.32 Å². The fraction of sp³-hybridized carbons (Fsp3) is 0.400. The predicted molar refractivity (Wildman–Crippen MR) is 128 cm³/mol. The Labute approximate surface area is 199 Å². The van der Waals surface area contributed by atoms with Gasteiger partial charge in [-0.15, -0.1) is 0 Å². The molecule has 2 aromatic carbocycles. The lowest BCUT2D eigenvalue weighted by Crippen LogP contribution is -2.30. The summed E-state index contributed by atoms with van der Waals surface area (Å²) in [6.07, 6.45) is 8.57. The maximum Gasteiger partial charge on any atom is 0.261 e. The van der Waals surface area contributed by atoms with Crippen LogP contribution in [-0.2, 0) is 4.79 Å². The Kier molecular flexibility index (Phi) is 9.12. The zero-order chi connectivity index (χ0) is 22.9. The summed E-state index contributed by atoms with van der Waals surface area (Å²) in [7, 11) is 0. The molecule has 1 aliphatic heterocycles. The fourth-order valence-corrected chi connectivity index (χ4v) is 4.32. The Morgan fingerprint density at radius 2 is 1.34 bits per heavy atom. The summed E-state index contributed by atoms with van der Waals surface area (Å²) in [5, 5.41) is 3.79. The molecule has 0 saturated carbocycles. The zero-order valence-corrected chi connectivity index (χ0v) is 19.6. The highest BCUT2D eigenvalue weighted by molar-refractivity contribution is 6.36. The van der Waals surface area contributed by atoms with Crippen LogP contribution in [0.5, 0.6) is 0 Å². The van der Waals surface area contributed by atoms with Crippen LogP contribution in [0.3, 0.4) is 0 Å². The maximum absolute atomic E-state index is 12.3. The van der Waals surface area contributed by atoms with Gasteiger partial charge in [0.05, 0.1) is 21.8 Å². The van der Waals surface area contributed by atoms with E-state index in [1.165, 1.54) is 4.90 Å². The Balaban J connectivity index is 1.20. The van der Waals surface area contributed by atoms with E-state index in [1.54, 1.807) is 42.5 Å². The van der Waals surface area contributed by atoms with Gasteiger partial charge >= 0.3 is 0 Å². The fourth-order valence-electron chi connectivity index (χ4n) is 3.86. The van der Waals surface area contributed by atoms with Crippen molar-refractivity contribution in [2.75, 3.05) is 11.9 Å². The highest BCUT2D eigenvalue weighted by atomic mass is 35.5. The predicted octanol–water partition coefficient (Wildman–Crippen LogP) is 6.74. The van der Waals surface area contributed by atoms with Crippen LogP contribution < -0.4 is 5.32 Å². The summed E-state index contributed by atoms with van der Waals surface area (Å²) in [6, 6.07) is 12.0. The summed E-state index contributed by atoms with van der Waals surface area (Å²) in [6.45, 7) is 0.485. The maximum atomic E-state index is 12.3. The van der Waals surface area contributed by atoms with E-state index in [4.69, 9.17) is 23.2 Å². The second-order valence-corrected chi connectivity index (χ2v) is 8.90. The smallest absolute Gasteiger partial charge is 0.261 e. The van der Waals surface area contributed by atoms with Gasteiger partial charge in [0.1, 0.15) is 0 Å². The molecule has 0 fully saturated rings. The van der Waals surface area contributed by atoms with Crippen molar-refractivity contribution in [2.45, 2.75) is 57.8 Å².